The van der Waals surface area contributed by atoms with E-state index in [1.807, 2.05) is 35.8 Å². The smallest absolute Gasteiger partial charge is 0.185 e. The topological polar surface area (TPSA) is 263 Å². The summed E-state index contributed by atoms with van der Waals surface area (Å²) in [7, 11) is -0.620. The summed E-state index contributed by atoms with van der Waals surface area (Å²) in [6.07, 6.45) is 13.0. The van der Waals surface area contributed by atoms with Crippen molar-refractivity contribution in [2.75, 3.05) is 82.8 Å². The number of carbonyl (C=O) groups excluding carboxylic acids is 2. The Kier molecular flexibility index (Phi) is 37.0. The Morgan fingerprint density at radius 1 is 1.09 bits per heavy atom. The lowest BCUT2D eigenvalue weighted by Crippen LogP contribution is -2.53. The molecule has 0 aliphatic carbocycles. The van der Waals surface area contributed by atoms with Crippen LogP contribution in [0.15, 0.2) is 41.5 Å². The summed E-state index contributed by atoms with van der Waals surface area (Å²) in [6, 6.07) is 0. The zero-order valence-corrected chi connectivity index (χ0v) is 45.8. The molecule has 0 aliphatic rings. The molecule has 18 nitrogen and oxygen atoms in total. The average molecular weight is 1010 g/mol. The highest BCUT2D eigenvalue weighted by molar-refractivity contribution is 8.13. The fourth-order valence-corrected chi connectivity index (χ4v) is 8.98. The zero-order valence-electron chi connectivity index (χ0n) is 42.5. The molecule has 0 saturated carbocycles. The van der Waals surface area contributed by atoms with E-state index in [2.05, 4.69) is 75.8 Å². The van der Waals surface area contributed by atoms with Crippen LogP contribution < -0.4 is 33.9 Å². The predicted molar refractivity (Wildman–Crippen MR) is 279 cm³/mol. The minimum Gasteiger partial charge on any atom is -0.399 e. The van der Waals surface area contributed by atoms with E-state index in [0.717, 1.165) is 31.0 Å². The van der Waals surface area contributed by atoms with Crippen molar-refractivity contribution in [3.63, 3.8) is 0 Å². The predicted octanol–water partition coefficient (Wildman–Crippen LogP) is 5.77. The van der Waals surface area contributed by atoms with E-state index in [1.165, 1.54) is 53.4 Å². The van der Waals surface area contributed by atoms with E-state index >= 15 is 0 Å². The molecule has 0 aromatic carbocycles. The van der Waals surface area contributed by atoms with Crippen LogP contribution in [0.25, 0.3) is 0 Å². The van der Waals surface area contributed by atoms with Crippen molar-refractivity contribution >= 4 is 54.8 Å². The van der Waals surface area contributed by atoms with Crippen molar-refractivity contribution in [2.24, 2.45) is 23.2 Å². The maximum atomic E-state index is 11.2. The SMILES string of the molecule is C=C(C)SCCCC.CC=O.CSCOP(C)CC(C)(C)n1cc(COCC(N)(COC/C(N)=C/N(N)C(C)(C)CO)COC/C(=C/NC(C)(C)CCOC(C)CCSC(C)=O)NN)nn1. The lowest BCUT2D eigenvalue weighted by molar-refractivity contribution is -0.109. The molecule has 1 aromatic rings. The molecule has 1 heterocycles. The summed E-state index contributed by atoms with van der Waals surface area (Å²) >= 11 is 4.83. The van der Waals surface area contributed by atoms with Crippen LogP contribution in [0.3, 0.4) is 0 Å². The zero-order chi connectivity index (χ0) is 50.8. The first-order valence-corrected chi connectivity index (χ1v) is 27.4. The number of hydrogen-bond donors (Lipinski definition) is 7. The van der Waals surface area contributed by atoms with Gasteiger partial charge in [0.2, 0.25) is 0 Å². The van der Waals surface area contributed by atoms with Crippen LogP contribution in [0, 0.1) is 0 Å². The van der Waals surface area contributed by atoms with Gasteiger partial charge in [-0.1, -0.05) is 36.9 Å². The van der Waals surface area contributed by atoms with Gasteiger partial charge in [0, 0.05) is 51.5 Å². The molecule has 0 bridgehead atoms. The highest BCUT2D eigenvalue weighted by Crippen LogP contribution is 2.39. The number of nitrogens with two attached hydrogens (primary N) is 4. The molecule has 1 aromatic heterocycles. The van der Waals surface area contributed by atoms with Crippen LogP contribution in [0.2, 0.25) is 0 Å². The lowest BCUT2D eigenvalue weighted by atomic mass is 10.0. The summed E-state index contributed by atoms with van der Waals surface area (Å²) < 4.78 is 31.7. The summed E-state index contributed by atoms with van der Waals surface area (Å²) in [5.74, 6) is 14.6. The molecular weight excluding hydrogens is 924 g/mol. The molecule has 22 heteroatoms. The number of hydrazine groups is 2. The van der Waals surface area contributed by atoms with E-state index in [9.17, 15) is 9.90 Å². The minimum absolute atomic E-state index is 0.0343. The molecule has 0 aliphatic heterocycles. The Morgan fingerprint density at radius 2 is 1.71 bits per heavy atom. The van der Waals surface area contributed by atoms with Crippen LogP contribution in [-0.4, -0.2) is 142 Å². The second-order valence-electron chi connectivity index (χ2n) is 17.8. The molecule has 3 atom stereocenters. The van der Waals surface area contributed by atoms with E-state index < -0.39 is 19.2 Å². The molecule has 0 radical (unpaired) electrons. The number of aromatic nitrogens is 3. The van der Waals surface area contributed by atoms with Crippen LogP contribution >= 0.6 is 43.4 Å². The Balaban J connectivity index is 0. The van der Waals surface area contributed by atoms with Crippen molar-refractivity contribution in [1.29, 1.82) is 0 Å². The number of rotatable bonds is 35. The monoisotopic (exact) mass is 1010 g/mol. The van der Waals surface area contributed by atoms with Gasteiger partial charge in [-0.15, -0.1) is 28.6 Å². The van der Waals surface area contributed by atoms with Gasteiger partial charge in [0.15, 0.2) is 5.12 Å². The number of nitrogens with zero attached hydrogens (tertiary/aromatic N) is 4. The largest absolute Gasteiger partial charge is 0.399 e. The number of ether oxygens (including phenoxy) is 4. The third kappa shape index (κ3) is 34.3. The van der Waals surface area contributed by atoms with Gasteiger partial charge in [0.25, 0.3) is 0 Å². The normalized spacial score (nSPS) is 14.2. The first-order valence-electron chi connectivity index (χ1n) is 22.1. The van der Waals surface area contributed by atoms with Crippen LogP contribution in [0.4, 0.5) is 0 Å². The van der Waals surface area contributed by atoms with Gasteiger partial charge in [-0.3, -0.25) is 10.6 Å². The quantitative estimate of drug-likeness (QED) is 0.0106. The molecule has 0 amide bonds. The maximum Gasteiger partial charge on any atom is 0.185 e. The number of allylic oxidation sites excluding steroid dienone is 1. The fraction of sp³-hybridized carbons (Fsp3) is 0.773. The second kappa shape index (κ2) is 36.9. The standard InChI is InChI=1S/C35H71N10O7PS2.C7H14S.C2H4O/c1-27(11-14-55-28(2)47)51-13-12-32(3,4)40-15-30(41-38)19-49-23-35(37,22-48-18-29(36)16-44(39)33(5,6)21-46)24-50-20-31-17-45(43-42-31)34(7,8)25-53(9)52-26-54-10;1-4-5-6-8-7(2)3;1-2-3/h15-17,27,40-41,46H,11-14,18-26,36-39H2,1-10H3;2,4-6H2,1,3H3;2H,1H3/b29-16-,30-15-;;. The highest BCUT2D eigenvalue weighted by atomic mass is 32.2. The average Bonchev–Trinajstić information content (AvgIpc) is 3.71. The van der Waals surface area contributed by atoms with E-state index in [-0.39, 0.29) is 68.5 Å². The van der Waals surface area contributed by atoms with Gasteiger partial charge < -0.3 is 60.6 Å². The minimum atomic E-state index is -1.08. The Hall–Kier alpha value is -1.98. The highest BCUT2D eigenvalue weighted by Gasteiger charge is 2.29. The third-order valence-electron chi connectivity index (χ3n) is 9.13. The Bertz CT molecular complexity index is 1530. The lowest BCUT2D eigenvalue weighted by Gasteiger charge is -2.32. The number of unbranched alkanes of at least 4 members (excludes halogenated alkanes) is 1. The molecule has 3 unspecified atom stereocenters. The van der Waals surface area contributed by atoms with Crippen molar-refractivity contribution < 1.29 is 38.2 Å². The number of aldehydes is 1. The second-order valence-corrected chi connectivity index (χ2v) is 23.1. The fourth-order valence-electron chi connectivity index (χ4n) is 5.00. The van der Waals surface area contributed by atoms with Gasteiger partial charge in [-0.25, -0.2) is 10.5 Å². The van der Waals surface area contributed by atoms with E-state index in [0.29, 0.717) is 29.6 Å². The Labute approximate surface area is 411 Å². The molecule has 11 N–H and O–H groups in total. The Morgan fingerprint density at radius 3 is 2.27 bits per heavy atom. The number of nitrogens with one attached hydrogen (secondary N) is 2. The van der Waals surface area contributed by atoms with Crippen LogP contribution in [0.5, 0.6) is 0 Å². The molecule has 0 saturated heterocycles. The third-order valence-corrected chi connectivity index (χ3v) is 13.3. The number of hydrogen-bond acceptors (Lipinski definition) is 20. The first kappa shape index (κ1) is 66.1. The number of aliphatic hydroxyl groups excluding tert-OH is 1. The van der Waals surface area contributed by atoms with E-state index in [4.69, 9.17) is 51.4 Å². The van der Waals surface area contributed by atoms with Gasteiger partial charge in [-0.2, -0.15) is 0 Å². The van der Waals surface area contributed by atoms with Crippen molar-refractivity contribution in [2.45, 2.75) is 137 Å². The number of aliphatic hydroxyl groups is 1. The van der Waals surface area contributed by atoms with E-state index in [1.54, 1.807) is 38.7 Å². The van der Waals surface area contributed by atoms with Gasteiger partial charge in [0.1, 0.15) is 12.0 Å². The maximum absolute atomic E-state index is 11.2. The molecule has 0 spiro atoms. The van der Waals surface area contributed by atoms with Crippen molar-refractivity contribution in [1.82, 2.24) is 30.7 Å². The van der Waals surface area contributed by atoms with Crippen molar-refractivity contribution in [3.8, 4) is 0 Å². The van der Waals surface area contributed by atoms with Crippen molar-refractivity contribution in [3.05, 3.63) is 47.2 Å². The summed E-state index contributed by atoms with van der Waals surface area (Å²) in [5, 5.41) is 23.1. The molecule has 0 fully saturated rings. The summed E-state index contributed by atoms with van der Waals surface area (Å²) in [4.78, 5) is 21.2. The van der Waals surface area contributed by atoms with Crippen LogP contribution in [0.1, 0.15) is 108 Å². The van der Waals surface area contributed by atoms with Gasteiger partial charge >= 0.3 is 0 Å². The van der Waals surface area contributed by atoms with Gasteiger partial charge in [-0.05, 0) is 105 Å². The summed E-state index contributed by atoms with van der Waals surface area (Å²) in [5.41, 5.74) is 14.9. The first-order chi connectivity index (χ1) is 30.9. The molecule has 1 rings (SSSR count). The van der Waals surface area contributed by atoms with Gasteiger partial charge in [0.05, 0.1) is 92.5 Å². The number of carbonyl (C=O) groups is 2. The molecule has 66 heavy (non-hydrogen) atoms. The number of thioether (sulfide) groups is 3. The van der Waals surface area contributed by atoms with Crippen LogP contribution in [-0.2, 0) is 45.2 Å². The molecular formula is C44H89N10O8PS3. The summed E-state index contributed by atoms with van der Waals surface area (Å²) in [6.45, 7) is 28.0. The molecule has 386 valence electrons.